The molecule has 0 amide bonds. The van der Waals surface area contributed by atoms with Gasteiger partial charge in [0.2, 0.25) is 0 Å². The van der Waals surface area contributed by atoms with Crippen LogP contribution in [0.25, 0.3) is 0 Å². The molecule has 0 rings (SSSR count). The molecule has 0 saturated heterocycles. The Morgan fingerprint density at radius 3 is 1.55 bits per heavy atom. The van der Waals surface area contributed by atoms with Crippen molar-refractivity contribution in [2.45, 2.75) is 13.3 Å². The van der Waals surface area contributed by atoms with Crippen LogP contribution in [-0.4, -0.2) is 44.3 Å². The summed E-state index contributed by atoms with van der Waals surface area (Å²) in [7, 11) is 0. The van der Waals surface area contributed by atoms with E-state index < -0.39 is 30.3 Å². The second-order valence-corrected chi connectivity index (χ2v) is 3.44. The van der Waals surface area contributed by atoms with Crippen LogP contribution in [0.3, 0.4) is 0 Å². The molecule has 8 nitrogen and oxygen atoms in total. The van der Waals surface area contributed by atoms with Crippen molar-refractivity contribution in [1.29, 1.82) is 0 Å². The third-order valence-electron chi connectivity index (χ3n) is 1.67. The molecular formula is C12H14O8. The van der Waals surface area contributed by atoms with Gasteiger partial charge in [0.25, 0.3) is 0 Å². The molecule has 0 aromatic carbocycles. The quantitative estimate of drug-likeness (QED) is 0.413. The van der Waals surface area contributed by atoms with Crippen molar-refractivity contribution >= 4 is 23.9 Å². The van der Waals surface area contributed by atoms with Crippen molar-refractivity contribution < 1.29 is 39.6 Å². The summed E-state index contributed by atoms with van der Waals surface area (Å²) in [5.41, 5.74) is -0.579. The topological polar surface area (TPSA) is 149 Å². The van der Waals surface area contributed by atoms with Crippen LogP contribution in [0, 0.1) is 0 Å². The van der Waals surface area contributed by atoms with Gasteiger partial charge in [0.05, 0.1) is 12.0 Å². The van der Waals surface area contributed by atoms with Crippen LogP contribution in [0.4, 0.5) is 0 Å². The first kappa shape index (κ1) is 19.4. The van der Waals surface area contributed by atoms with Crippen LogP contribution in [0.5, 0.6) is 0 Å². The number of hydrogen-bond donors (Lipinski definition) is 4. The fourth-order valence-electron chi connectivity index (χ4n) is 0.643. The van der Waals surface area contributed by atoms with Crippen molar-refractivity contribution in [3.8, 4) is 0 Å². The first-order valence-electron chi connectivity index (χ1n) is 4.95. The standard InChI is InChI=1S/C7H8O4.C5H6O4/c1-4(6(8)9)3-5(2)7(10)11;1-3(5(8)9)2-4(6)7/h3H,1H2,2H3,(H,8,9)(H,10,11);1-2H2,(H,6,7)(H,8,9). The van der Waals surface area contributed by atoms with E-state index in [1.54, 1.807) is 0 Å². The van der Waals surface area contributed by atoms with Crippen molar-refractivity contribution in [1.82, 2.24) is 0 Å². The molecule has 0 fully saturated rings. The van der Waals surface area contributed by atoms with E-state index in [0.29, 0.717) is 0 Å². The minimum atomic E-state index is -1.27. The molecule has 0 spiro atoms. The molecule has 0 bridgehead atoms. The molecule has 0 aliphatic carbocycles. The van der Waals surface area contributed by atoms with E-state index in [9.17, 15) is 19.2 Å². The molecule has 0 atom stereocenters. The zero-order chi connectivity index (χ0) is 16.5. The lowest BCUT2D eigenvalue weighted by Gasteiger charge is -1.92. The second kappa shape index (κ2) is 9.09. The maximum atomic E-state index is 10.2. The van der Waals surface area contributed by atoms with Crippen molar-refractivity contribution in [3.05, 3.63) is 36.0 Å². The summed E-state index contributed by atoms with van der Waals surface area (Å²) in [6.45, 7) is 7.45. The molecule has 20 heavy (non-hydrogen) atoms. The highest BCUT2D eigenvalue weighted by Gasteiger charge is 2.07. The number of rotatable bonds is 6. The first-order valence-corrected chi connectivity index (χ1v) is 4.95. The number of carbonyl (C=O) groups is 4. The van der Waals surface area contributed by atoms with Gasteiger partial charge in [-0.2, -0.15) is 0 Å². The van der Waals surface area contributed by atoms with Crippen LogP contribution in [0.15, 0.2) is 36.0 Å². The first-order chi connectivity index (χ1) is 8.98. The summed E-state index contributed by atoms with van der Waals surface area (Å²) in [5.74, 6) is -4.81. The van der Waals surface area contributed by atoms with E-state index in [0.717, 1.165) is 6.08 Å². The Bertz CT molecular complexity index is 484. The Labute approximate surface area is 114 Å². The van der Waals surface area contributed by atoms with Gasteiger partial charge in [-0.1, -0.05) is 13.2 Å². The van der Waals surface area contributed by atoms with E-state index in [4.69, 9.17) is 20.4 Å². The largest absolute Gasteiger partial charge is 0.481 e. The summed E-state index contributed by atoms with van der Waals surface area (Å²) in [6.07, 6.45) is 0.500. The monoisotopic (exact) mass is 286 g/mol. The number of carboxylic acid groups (broad SMARTS) is 4. The summed E-state index contributed by atoms with van der Waals surface area (Å²) in [5, 5.41) is 32.7. The highest BCUT2D eigenvalue weighted by Crippen LogP contribution is 1.99. The minimum Gasteiger partial charge on any atom is -0.481 e. The third-order valence-corrected chi connectivity index (χ3v) is 1.67. The van der Waals surface area contributed by atoms with Gasteiger partial charge in [-0.05, 0) is 13.0 Å². The lowest BCUT2D eigenvalue weighted by atomic mass is 10.2. The molecule has 0 heterocycles. The number of aliphatic carboxylic acids is 4. The average molecular weight is 286 g/mol. The Kier molecular flexibility index (Phi) is 8.83. The Hall–Kier alpha value is -2.90. The van der Waals surface area contributed by atoms with Crippen LogP contribution in [0.2, 0.25) is 0 Å². The van der Waals surface area contributed by atoms with E-state index in [-0.39, 0.29) is 16.7 Å². The second-order valence-electron chi connectivity index (χ2n) is 3.44. The fraction of sp³-hybridized carbons (Fsp3) is 0.167. The van der Waals surface area contributed by atoms with Crippen molar-refractivity contribution in [3.63, 3.8) is 0 Å². The van der Waals surface area contributed by atoms with Gasteiger partial charge in [-0.15, -0.1) is 0 Å². The summed E-state index contributed by atoms with van der Waals surface area (Å²) in [4.78, 5) is 39.9. The predicted molar refractivity (Wildman–Crippen MR) is 67.2 cm³/mol. The normalized spacial score (nSPS) is 9.75. The molecule has 0 unspecified atom stereocenters. The average Bonchev–Trinajstić information content (AvgIpc) is 2.28. The van der Waals surface area contributed by atoms with Gasteiger partial charge in [-0.3, -0.25) is 4.79 Å². The molecule has 0 saturated carbocycles. The van der Waals surface area contributed by atoms with Crippen molar-refractivity contribution in [2.75, 3.05) is 0 Å². The maximum Gasteiger partial charge on any atom is 0.335 e. The predicted octanol–water partition coefficient (Wildman–Crippen LogP) is 0.760. The fourth-order valence-corrected chi connectivity index (χ4v) is 0.643. The minimum absolute atomic E-state index is 0.0441. The SMILES string of the molecule is C=C(C=C(C)C(=O)O)C(=O)O.C=C(CC(=O)O)C(=O)O. The summed E-state index contributed by atoms with van der Waals surface area (Å²) < 4.78 is 0. The van der Waals surface area contributed by atoms with Crippen molar-refractivity contribution in [2.24, 2.45) is 0 Å². The molecule has 0 aromatic rings. The van der Waals surface area contributed by atoms with E-state index in [1.165, 1.54) is 6.92 Å². The molecule has 8 heteroatoms. The zero-order valence-electron chi connectivity index (χ0n) is 10.6. The van der Waals surface area contributed by atoms with Crippen LogP contribution in [-0.2, 0) is 19.2 Å². The Balaban J connectivity index is 0. The van der Waals surface area contributed by atoms with Crippen LogP contribution >= 0.6 is 0 Å². The Morgan fingerprint density at radius 2 is 1.35 bits per heavy atom. The van der Waals surface area contributed by atoms with E-state index in [2.05, 4.69) is 13.2 Å². The molecule has 0 aromatic heterocycles. The summed E-state index contributed by atoms with van der Waals surface area (Å²) in [6, 6.07) is 0. The van der Waals surface area contributed by atoms with Gasteiger partial charge >= 0.3 is 23.9 Å². The summed E-state index contributed by atoms with van der Waals surface area (Å²) >= 11 is 0. The van der Waals surface area contributed by atoms with Gasteiger partial charge in [0, 0.05) is 11.1 Å². The lowest BCUT2D eigenvalue weighted by molar-refractivity contribution is -0.139. The molecule has 0 aliphatic rings. The number of carboxylic acids is 4. The lowest BCUT2D eigenvalue weighted by Crippen LogP contribution is -2.04. The molecule has 110 valence electrons. The zero-order valence-corrected chi connectivity index (χ0v) is 10.6. The van der Waals surface area contributed by atoms with Gasteiger partial charge in [-0.25, -0.2) is 14.4 Å². The third kappa shape index (κ3) is 10.3. The smallest absolute Gasteiger partial charge is 0.335 e. The molecule has 4 N–H and O–H groups in total. The van der Waals surface area contributed by atoms with E-state index >= 15 is 0 Å². The highest BCUT2D eigenvalue weighted by atomic mass is 16.4. The number of hydrogen-bond acceptors (Lipinski definition) is 4. The maximum absolute atomic E-state index is 10.2. The van der Waals surface area contributed by atoms with Gasteiger partial charge in [0.1, 0.15) is 0 Å². The van der Waals surface area contributed by atoms with Gasteiger partial charge < -0.3 is 20.4 Å². The van der Waals surface area contributed by atoms with Crippen LogP contribution < -0.4 is 0 Å². The van der Waals surface area contributed by atoms with E-state index in [1.807, 2.05) is 0 Å². The van der Waals surface area contributed by atoms with Gasteiger partial charge in [0.15, 0.2) is 0 Å². The molecule has 0 aliphatic heterocycles. The van der Waals surface area contributed by atoms with Crippen LogP contribution in [0.1, 0.15) is 13.3 Å². The molecule has 0 radical (unpaired) electrons. The Morgan fingerprint density at radius 1 is 0.900 bits per heavy atom. The highest BCUT2D eigenvalue weighted by molar-refractivity contribution is 5.93. The molecular weight excluding hydrogens is 272 g/mol.